The van der Waals surface area contributed by atoms with Crippen molar-refractivity contribution < 1.29 is 0 Å². The van der Waals surface area contributed by atoms with Crippen LogP contribution in [0.15, 0.2) is 24.5 Å². The first kappa shape index (κ1) is 11.6. The molecule has 0 aliphatic carbocycles. The molecule has 0 saturated heterocycles. The molecule has 0 spiro atoms. The van der Waals surface area contributed by atoms with Crippen molar-refractivity contribution in [2.75, 3.05) is 5.32 Å². The third kappa shape index (κ3) is 2.43. The predicted molar refractivity (Wildman–Crippen MR) is 67.4 cm³/mol. The zero-order chi connectivity index (χ0) is 11.5. The van der Waals surface area contributed by atoms with Crippen molar-refractivity contribution in [3.8, 4) is 0 Å². The second kappa shape index (κ2) is 4.95. The first-order valence-corrected chi connectivity index (χ1v) is 5.67. The van der Waals surface area contributed by atoms with E-state index in [4.69, 9.17) is 34.8 Å². The van der Waals surface area contributed by atoms with Gasteiger partial charge in [0, 0.05) is 23.3 Å². The highest BCUT2D eigenvalue weighted by molar-refractivity contribution is 6.44. The zero-order valence-electron chi connectivity index (χ0n) is 8.10. The van der Waals surface area contributed by atoms with Gasteiger partial charge in [-0.2, -0.15) is 5.10 Å². The van der Waals surface area contributed by atoms with E-state index < -0.39 is 0 Å². The molecule has 1 heterocycles. The van der Waals surface area contributed by atoms with Gasteiger partial charge in [-0.15, -0.1) is 0 Å². The van der Waals surface area contributed by atoms with Gasteiger partial charge in [0.15, 0.2) is 0 Å². The highest BCUT2D eigenvalue weighted by atomic mass is 35.5. The summed E-state index contributed by atoms with van der Waals surface area (Å²) in [6, 6.07) is 3.40. The highest BCUT2D eigenvalue weighted by Gasteiger charge is 2.09. The molecule has 2 rings (SSSR count). The minimum Gasteiger partial charge on any atom is -0.378 e. The van der Waals surface area contributed by atoms with Gasteiger partial charge in [0.25, 0.3) is 0 Å². The number of aromatic amines is 1. The van der Waals surface area contributed by atoms with Gasteiger partial charge in [-0.3, -0.25) is 5.10 Å². The van der Waals surface area contributed by atoms with Crippen molar-refractivity contribution in [2.24, 2.45) is 0 Å². The summed E-state index contributed by atoms with van der Waals surface area (Å²) in [5, 5.41) is 11.2. The molecule has 0 unspecified atom stereocenters. The summed E-state index contributed by atoms with van der Waals surface area (Å²) in [4.78, 5) is 0. The Hall–Kier alpha value is -0.900. The summed E-state index contributed by atoms with van der Waals surface area (Å²) < 4.78 is 0. The van der Waals surface area contributed by atoms with Crippen molar-refractivity contribution in [3.63, 3.8) is 0 Å². The van der Waals surface area contributed by atoms with E-state index in [1.807, 2.05) is 0 Å². The Labute approximate surface area is 108 Å². The van der Waals surface area contributed by atoms with Crippen LogP contribution in [0.4, 0.5) is 5.69 Å². The number of anilines is 1. The molecule has 2 N–H and O–H groups in total. The lowest BCUT2D eigenvalue weighted by molar-refractivity contribution is 1.09. The quantitative estimate of drug-likeness (QED) is 0.833. The van der Waals surface area contributed by atoms with Crippen LogP contribution >= 0.6 is 34.8 Å². The molecule has 0 saturated carbocycles. The number of hydrogen-bond acceptors (Lipinski definition) is 2. The fourth-order valence-corrected chi connectivity index (χ4v) is 1.95. The average Bonchev–Trinajstić information content (AvgIpc) is 2.77. The molecule has 0 radical (unpaired) electrons. The molecule has 16 heavy (non-hydrogen) atoms. The third-order valence-electron chi connectivity index (χ3n) is 2.11. The Morgan fingerprint density at radius 2 is 1.94 bits per heavy atom. The second-order valence-electron chi connectivity index (χ2n) is 3.16. The van der Waals surface area contributed by atoms with E-state index in [9.17, 15) is 0 Å². The number of nitrogens with one attached hydrogen (secondary N) is 2. The maximum atomic E-state index is 6.06. The van der Waals surface area contributed by atoms with E-state index in [1.165, 1.54) is 0 Å². The number of rotatable bonds is 3. The van der Waals surface area contributed by atoms with Gasteiger partial charge in [-0.25, -0.2) is 0 Å². The van der Waals surface area contributed by atoms with E-state index in [-0.39, 0.29) is 0 Å². The Kier molecular flexibility index (Phi) is 3.59. The Morgan fingerprint density at radius 3 is 2.62 bits per heavy atom. The summed E-state index contributed by atoms with van der Waals surface area (Å²) in [7, 11) is 0. The first-order valence-electron chi connectivity index (χ1n) is 4.53. The summed E-state index contributed by atoms with van der Waals surface area (Å²) in [5.74, 6) is 0. The van der Waals surface area contributed by atoms with Crippen LogP contribution in [0.1, 0.15) is 5.56 Å². The van der Waals surface area contributed by atoms with Gasteiger partial charge in [-0.05, 0) is 12.1 Å². The zero-order valence-corrected chi connectivity index (χ0v) is 10.4. The molecule has 0 atom stereocenters. The third-order valence-corrected chi connectivity index (χ3v) is 3.30. The maximum absolute atomic E-state index is 6.06. The van der Waals surface area contributed by atoms with E-state index in [0.717, 1.165) is 11.3 Å². The standard InChI is InChI=1S/C10H8Cl3N3/c11-8-1-2-9(12)10(13)7(8)5-14-6-3-15-16-4-6/h1-4,14H,5H2,(H,15,16). The smallest absolute Gasteiger partial charge is 0.0726 e. The lowest BCUT2D eigenvalue weighted by Gasteiger charge is -2.09. The summed E-state index contributed by atoms with van der Waals surface area (Å²) >= 11 is 18.0. The van der Waals surface area contributed by atoms with E-state index in [0.29, 0.717) is 21.6 Å². The summed E-state index contributed by atoms with van der Waals surface area (Å²) in [5.41, 5.74) is 1.64. The van der Waals surface area contributed by atoms with Gasteiger partial charge >= 0.3 is 0 Å². The number of halogens is 3. The molecule has 1 aromatic heterocycles. The van der Waals surface area contributed by atoms with Crippen molar-refractivity contribution in [1.29, 1.82) is 0 Å². The Bertz CT molecular complexity index is 482. The molecule has 1 aromatic carbocycles. The number of H-pyrrole nitrogens is 1. The summed E-state index contributed by atoms with van der Waals surface area (Å²) in [6.45, 7) is 0.498. The van der Waals surface area contributed by atoms with Gasteiger partial charge in [-0.1, -0.05) is 34.8 Å². The normalized spacial score (nSPS) is 10.4. The van der Waals surface area contributed by atoms with E-state index in [1.54, 1.807) is 24.5 Å². The van der Waals surface area contributed by atoms with Gasteiger partial charge < -0.3 is 5.32 Å². The fraction of sp³-hybridized carbons (Fsp3) is 0.100. The topological polar surface area (TPSA) is 40.7 Å². The lowest BCUT2D eigenvalue weighted by atomic mass is 10.2. The lowest BCUT2D eigenvalue weighted by Crippen LogP contribution is -2.00. The fourth-order valence-electron chi connectivity index (χ4n) is 1.27. The number of benzene rings is 1. The first-order chi connectivity index (χ1) is 7.68. The molecule has 2 aromatic rings. The van der Waals surface area contributed by atoms with Crippen LogP contribution in [0, 0.1) is 0 Å². The average molecular weight is 277 g/mol. The summed E-state index contributed by atoms with van der Waals surface area (Å²) in [6.07, 6.45) is 3.42. The Balaban J connectivity index is 2.18. The highest BCUT2D eigenvalue weighted by Crippen LogP contribution is 2.31. The predicted octanol–water partition coefficient (Wildman–Crippen LogP) is 3.98. The van der Waals surface area contributed by atoms with Crippen molar-refractivity contribution in [1.82, 2.24) is 10.2 Å². The van der Waals surface area contributed by atoms with Crippen LogP contribution in [0.5, 0.6) is 0 Å². The molecule has 3 nitrogen and oxygen atoms in total. The van der Waals surface area contributed by atoms with Gasteiger partial charge in [0.1, 0.15) is 0 Å². The number of nitrogens with zero attached hydrogens (tertiary/aromatic N) is 1. The van der Waals surface area contributed by atoms with Crippen LogP contribution in [0.3, 0.4) is 0 Å². The minimum absolute atomic E-state index is 0.477. The molecule has 0 amide bonds. The van der Waals surface area contributed by atoms with Crippen LogP contribution in [0.2, 0.25) is 15.1 Å². The number of hydrogen-bond donors (Lipinski definition) is 2. The van der Waals surface area contributed by atoms with Crippen LogP contribution in [-0.4, -0.2) is 10.2 Å². The maximum Gasteiger partial charge on any atom is 0.0726 e. The molecule has 0 fully saturated rings. The monoisotopic (exact) mass is 275 g/mol. The van der Waals surface area contributed by atoms with E-state index in [2.05, 4.69) is 15.5 Å². The molecular formula is C10H8Cl3N3. The Morgan fingerprint density at radius 1 is 1.19 bits per heavy atom. The molecular weight excluding hydrogens is 268 g/mol. The molecule has 0 aliphatic rings. The van der Waals surface area contributed by atoms with Gasteiger partial charge in [0.2, 0.25) is 0 Å². The molecule has 6 heteroatoms. The molecule has 0 bridgehead atoms. The van der Waals surface area contributed by atoms with Crippen molar-refractivity contribution >= 4 is 40.5 Å². The van der Waals surface area contributed by atoms with E-state index >= 15 is 0 Å². The molecule has 0 aliphatic heterocycles. The SMILES string of the molecule is Clc1ccc(Cl)c(CNc2cn[nH]c2)c1Cl. The minimum atomic E-state index is 0.477. The van der Waals surface area contributed by atoms with Crippen LogP contribution in [0.25, 0.3) is 0 Å². The van der Waals surface area contributed by atoms with Crippen LogP contribution < -0.4 is 5.32 Å². The second-order valence-corrected chi connectivity index (χ2v) is 4.35. The van der Waals surface area contributed by atoms with Crippen LogP contribution in [-0.2, 0) is 6.54 Å². The molecule has 84 valence electrons. The van der Waals surface area contributed by atoms with Gasteiger partial charge in [0.05, 0.1) is 21.9 Å². The van der Waals surface area contributed by atoms with Crippen molar-refractivity contribution in [3.05, 3.63) is 45.2 Å². The largest absolute Gasteiger partial charge is 0.378 e. The number of aromatic nitrogens is 2. The van der Waals surface area contributed by atoms with Crippen molar-refractivity contribution in [2.45, 2.75) is 6.54 Å².